The van der Waals surface area contributed by atoms with Crippen LogP contribution in [0.1, 0.15) is 42.5 Å². The van der Waals surface area contributed by atoms with Gasteiger partial charge in [0.25, 0.3) is 11.7 Å². The molecular formula is C15H19F2NO2S. The van der Waals surface area contributed by atoms with Crippen LogP contribution >= 0.6 is 11.8 Å². The number of aliphatic hydroxyl groups is 1. The van der Waals surface area contributed by atoms with Gasteiger partial charge in [-0.1, -0.05) is 31.0 Å². The van der Waals surface area contributed by atoms with Crippen molar-refractivity contribution in [2.75, 3.05) is 6.54 Å². The number of hydrogen-bond acceptors (Lipinski definition) is 3. The van der Waals surface area contributed by atoms with Crippen molar-refractivity contribution in [2.45, 2.75) is 48.4 Å². The molecule has 21 heavy (non-hydrogen) atoms. The van der Waals surface area contributed by atoms with E-state index in [9.17, 15) is 18.7 Å². The fourth-order valence-corrected chi connectivity index (χ4v) is 3.02. The van der Waals surface area contributed by atoms with Gasteiger partial charge in [0.1, 0.15) is 0 Å². The van der Waals surface area contributed by atoms with Crippen molar-refractivity contribution in [3.05, 3.63) is 29.8 Å². The number of halogens is 2. The third-order valence-corrected chi connectivity index (χ3v) is 4.43. The third-order valence-electron chi connectivity index (χ3n) is 3.70. The van der Waals surface area contributed by atoms with Crippen molar-refractivity contribution in [1.29, 1.82) is 0 Å². The Morgan fingerprint density at radius 3 is 2.43 bits per heavy atom. The van der Waals surface area contributed by atoms with E-state index in [1.807, 2.05) is 0 Å². The van der Waals surface area contributed by atoms with Crippen molar-refractivity contribution in [2.24, 2.45) is 0 Å². The average Bonchev–Trinajstić information content (AvgIpc) is 2.46. The molecular weight excluding hydrogens is 296 g/mol. The van der Waals surface area contributed by atoms with Crippen molar-refractivity contribution in [1.82, 2.24) is 5.32 Å². The Kier molecular flexibility index (Phi) is 5.58. The summed E-state index contributed by atoms with van der Waals surface area (Å²) >= 11 is 0.449. The van der Waals surface area contributed by atoms with E-state index in [1.54, 1.807) is 0 Å². The van der Waals surface area contributed by atoms with Gasteiger partial charge in [0, 0.05) is 17.0 Å². The van der Waals surface area contributed by atoms with Crippen molar-refractivity contribution < 1.29 is 18.7 Å². The van der Waals surface area contributed by atoms with Crippen molar-refractivity contribution >= 4 is 17.7 Å². The Labute approximate surface area is 127 Å². The van der Waals surface area contributed by atoms with Crippen LogP contribution in [0.15, 0.2) is 29.2 Å². The van der Waals surface area contributed by atoms with E-state index in [-0.39, 0.29) is 12.5 Å². The van der Waals surface area contributed by atoms with E-state index in [4.69, 9.17) is 0 Å². The maximum Gasteiger partial charge on any atom is 0.288 e. The second-order valence-corrected chi connectivity index (χ2v) is 6.43. The Morgan fingerprint density at radius 2 is 1.86 bits per heavy atom. The Morgan fingerprint density at radius 1 is 1.24 bits per heavy atom. The Bertz CT molecular complexity index is 473. The molecule has 6 heteroatoms. The van der Waals surface area contributed by atoms with Crippen LogP contribution in [0, 0.1) is 0 Å². The fourth-order valence-electron chi connectivity index (χ4n) is 2.52. The summed E-state index contributed by atoms with van der Waals surface area (Å²) in [6.45, 7) is 0.235. The summed E-state index contributed by atoms with van der Waals surface area (Å²) in [5.41, 5.74) is -0.396. The molecule has 0 heterocycles. The maximum atomic E-state index is 12.2. The number of carbonyl (C=O) groups is 1. The average molecular weight is 315 g/mol. The molecule has 0 spiro atoms. The zero-order valence-electron chi connectivity index (χ0n) is 11.6. The molecule has 0 aliphatic heterocycles. The first kappa shape index (κ1) is 16.2. The van der Waals surface area contributed by atoms with E-state index in [0.717, 1.165) is 19.3 Å². The largest absolute Gasteiger partial charge is 0.388 e. The summed E-state index contributed by atoms with van der Waals surface area (Å²) in [6, 6.07) is 6.04. The second-order valence-electron chi connectivity index (χ2n) is 5.37. The van der Waals surface area contributed by atoms with Gasteiger partial charge in [0.15, 0.2) is 0 Å². The highest BCUT2D eigenvalue weighted by Gasteiger charge is 2.29. The van der Waals surface area contributed by atoms with E-state index in [1.165, 1.54) is 24.3 Å². The minimum atomic E-state index is -2.47. The molecule has 1 saturated carbocycles. The van der Waals surface area contributed by atoms with Gasteiger partial charge < -0.3 is 10.4 Å². The van der Waals surface area contributed by atoms with Crippen LogP contribution in [-0.2, 0) is 0 Å². The standard InChI is InChI=1S/C15H19F2NO2S/c16-14(17)21-12-6-4-11(5-7-12)13(19)18-10-15(20)8-2-1-3-9-15/h4-7,14,20H,1-3,8-10H2,(H,18,19). The number of nitrogens with one attached hydrogen (secondary N) is 1. The quantitative estimate of drug-likeness (QED) is 0.819. The topological polar surface area (TPSA) is 49.3 Å². The number of hydrogen-bond donors (Lipinski definition) is 2. The first-order chi connectivity index (χ1) is 9.98. The van der Waals surface area contributed by atoms with Crippen LogP contribution in [-0.4, -0.2) is 28.9 Å². The molecule has 2 N–H and O–H groups in total. The molecule has 1 aromatic carbocycles. The molecule has 3 nitrogen and oxygen atoms in total. The summed E-state index contributed by atoms with van der Waals surface area (Å²) in [4.78, 5) is 12.4. The van der Waals surface area contributed by atoms with Gasteiger partial charge >= 0.3 is 0 Å². The van der Waals surface area contributed by atoms with Crippen molar-refractivity contribution in [3.63, 3.8) is 0 Å². The van der Waals surface area contributed by atoms with Gasteiger partial charge in [-0.3, -0.25) is 4.79 Å². The molecule has 0 unspecified atom stereocenters. The smallest absolute Gasteiger partial charge is 0.288 e. The summed E-state index contributed by atoms with van der Waals surface area (Å²) in [6.07, 6.45) is 4.49. The van der Waals surface area contributed by atoms with Gasteiger partial charge in [-0.05, 0) is 37.1 Å². The first-order valence-corrected chi connectivity index (χ1v) is 7.92. The second kappa shape index (κ2) is 7.22. The van der Waals surface area contributed by atoms with Gasteiger partial charge in [-0.2, -0.15) is 8.78 Å². The fraction of sp³-hybridized carbons (Fsp3) is 0.533. The molecule has 116 valence electrons. The molecule has 1 aliphatic rings. The van der Waals surface area contributed by atoms with Gasteiger partial charge in [0.05, 0.1) is 5.60 Å². The monoisotopic (exact) mass is 315 g/mol. The third kappa shape index (κ3) is 4.97. The van der Waals surface area contributed by atoms with Crippen LogP contribution < -0.4 is 5.32 Å². The lowest BCUT2D eigenvalue weighted by Gasteiger charge is -2.32. The van der Waals surface area contributed by atoms with E-state index in [0.29, 0.717) is 35.1 Å². The van der Waals surface area contributed by atoms with Crippen LogP contribution in [0.2, 0.25) is 0 Å². The minimum Gasteiger partial charge on any atom is -0.388 e. The molecule has 2 rings (SSSR count). The highest BCUT2D eigenvalue weighted by Crippen LogP contribution is 2.27. The molecule has 1 aliphatic carbocycles. The number of rotatable bonds is 5. The highest BCUT2D eigenvalue weighted by atomic mass is 32.2. The van der Waals surface area contributed by atoms with Crippen molar-refractivity contribution in [3.8, 4) is 0 Å². The van der Waals surface area contributed by atoms with Gasteiger partial charge in [-0.25, -0.2) is 0 Å². The first-order valence-electron chi connectivity index (χ1n) is 7.04. The van der Waals surface area contributed by atoms with E-state index < -0.39 is 11.4 Å². The predicted octanol–water partition coefficient (Wildman–Crippen LogP) is 3.43. The molecule has 0 aromatic heterocycles. The number of amides is 1. The predicted molar refractivity (Wildman–Crippen MR) is 78.7 cm³/mol. The summed E-state index contributed by atoms with van der Waals surface area (Å²) in [5, 5.41) is 13.0. The number of benzene rings is 1. The maximum absolute atomic E-state index is 12.2. The van der Waals surface area contributed by atoms with E-state index in [2.05, 4.69) is 5.32 Å². The molecule has 1 amide bonds. The zero-order chi connectivity index (χ0) is 15.3. The van der Waals surface area contributed by atoms with Gasteiger partial charge in [-0.15, -0.1) is 0 Å². The van der Waals surface area contributed by atoms with Crippen LogP contribution in [0.25, 0.3) is 0 Å². The number of alkyl halides is 2. The summed E-state index contributed by atoms with van der Waals surface area (Å²) in [7, 11) is 0. The molecule has 0 bridgehead atoms. The molecule has 1 fully saturated rings. The molecule has 0 saturated heterocycles. The molecule has 0 radical (unpaired) electrons. The Hall–Kier alpha value is -1.14. The minimum absolute atomic E-state index is 0.235. The van der Waals surface area contributed by atoms with Gasteiger partial charge in [0.2, 0.25) is 0 Å². The number of carbonyl (C=O) groups excluding carboxylic acids is 1. The lowest BCUT2D eigenvalue weighted by atomic mass is 9.85. The highest BCUT2D eigenvalue weighted by molar-refractivity contribution is 7.99. The normalized spacial score (nSPS) is 17.7. The SMILES string of the molecule is O=C(NCC1(O)CCCCC1)c1ccc(SC(F)F)cc1. The molecule has 0 atom stereocenters. The number of thioether (sulfide) groups is 1. The van der Waals surface area contributed by atoms with Crippen LogP contribution in [0.3, 0.4) is 0 Å². The zero-order valence-corrected chi connectivity index (χ0v) is 12.5. The molecule has 1 aromatic rings. The van der Waals surface area contributed by atoms with E-state index >= 15 is 0 Å². The van der Waals surface area contributed by atoms with Crippen LogP contribution in [0.5, 0.6) is 0 Å². The summed E-state index contributed by atoms with van der Waals surface area (Å²) in [5.74, 6) is -2.76. The van der Waals surface area contributed by atoms with Crippen LogP contribution in [0.4, 0.5) is 8.78 Å². The lowest BCUT2D eigenvalue weighted by molar-refractivity contribution is 0.00525. The Balaban J connectivity index is 1.88. The summed E-state index contributed by atoms with van der Waals surface area (Å²) < 4.78 is 24.4. The lowest BCUT2D eigenvalue weighted by Crippen LogP contribution is -2.44.